The molecule has 2 atom stereocenters. The molecule has 0 heterocycles. The number of carbonyl (C=O) groups excluding carboxylic acids is 2. The zero-order valence-corrected chi connectivity index (χ0v) is 9.78. The lowest BCUT2D eigenvalue weighted by Gasteiger charge is -2.22. The van der Waals surface area contributed by atoms with Gasteiger partial charge in [0.25, 0.3) is 0 Å². The van der Waals surface area contributed by atoms with Crippen LogP contribution in [0.1, 0.15) is 27.7 Å². The molecule has 0 saturated heterocycles. The molecule has 0 spiro atoms. The molecule has 0 saturated carbocycles. The largest absolute Gasteiger partial charge is 0.368 e. The third-order valence-electron chi connectivity index (χ3n) is 2.29. The first-order chi connectivity index (χ1) is 6.77. The average molecular weight is 215 g/mol. The van der Waals surface area contributed by atoms with Gasteiger partial charge in [0.05, 0.1) is 6.04 Å². The van der Waals surface area contributed by atoms with Gasteiger partial charge < -0.3 is 16.8 Å². The Labute approximate surface area is 90.6 Å². The van der Waals surface area contributed by atoms with Crippen LogP contribution in [0.25, 0.3) is 0 Å². The first kappa shape index (κ1) is 13.9. The van der Waals surface area contributed by atoms with Gasteiger partial charge in [0.1, 0.15) is 6.04 Å². The third kappa shape index (κ3) is 4.29. The molecule has 5 nitrogen and oxygen atoms in total. The van der Waals surface area contributed by atoms with Crippen molar-refractivity contribution < 1.29 is 9.59 Å². The summed E-state index contributed by atoms with van der Waals surface area (Å²) in [5, 5.41) is 2.56. The minimum absolute atomic E-state index is 0.0330. The fourth-order valence-electron chi connectivity index (χ4n) is 1.12. The van der Waals surface area contributed by atoms with E-state index in [1.807, 2.05) is 27.7 Å². The summed E-state index contributed by atoms with van der Waals surface area (Å²) in [5.74, 6) is -0.867. The highest BCUT2D eigenvalue weighted by atomic mass is 16.2. The van der Waals surface area contributed by atoms with Gasteiger partial charge in [-0.2, -0.15) is 0 Å². The molecule has 2 amide bonds. The van der Waals surface area contributed by atoms with E-state index in [1.165, 1.54) is 0 Å². The van der Waals surface area contributed by atoms with Gasteiger partial charge in [-0.25, -0.2) is 0 Å². The normalized spacial score (nSPS) is 15.1. The summed E-state index contributed by atoms with van der Waals surface area (Å²) in [5.41, 5.74) is 10.8. The standard InChI is InChI=1S/C10H21N3O2/c1-5(2)7(11)10(15)13-8(6(3)4)9(12)14/h5-8H,11H2,1-4H3,(H2,12,14)(H,13,15)/t7-,8?/m0/s1. The van der Waals surface area contributed by atoms with Crippen LogP contribution in [0.5, 0.6) is 0 Å². The molecule has 0 aromatic carbocycles. The number of hydrogen-bond acceptors (Lipinski definition) is 3. The molecule has 1 unspecified atom stereocenters. The van der Waals surface area contributed by atoms with E-state index in [0.29, 0.717) is 0 Å². The molecule has 5 N–H and O–H groups in total. The van der Waals surface area contributed by atoms with Gasteiger partial charge in [-0.15, -0.1) is 0 Å². The molecule has 0 aliphatic rings. The lowest BCUT2D eigenvalue weighted by Crippen LogP contribution is -2.53. The zero-order chi connectivity index (χ0) is 12.2. The lowest BCUT2D eigenvalue weighted by atomic mass is 10.0. The van der Waals surface area contributed by atoms with Crippen LogP contribution in [0, 0.1) is 11.8 Å². The van der Waals surface area contributed by atoms with Gasteiger partial charge in [-0.1, -0.05) is 27.7 Å². The minimum atomic E-state index is -0.651. The van der Waals surface area contributed by atoms with E-state index in [2.05, 4.69) is 5.32 Å². The molecule has 0 fully saturated rings. The number of amides is 2. The monoisotopic (exact) mass is 215 g/mol. The number of hydrogen-bond donors (Lipinski definition) is 3. The number of nitrogens with one attached hydrogen (secondary N) is 1. The number of primary amides is 1. The van der Waals surface area contributed by atoms with Crippen molar-refractivity contribution in [2.24, 2.45) is 23.3 Å². The predicted molar refractivity (Wildman–Crippen MR) is 58.8 cm³/mol. The van der Waals surface area contributed by atoms with Gasteiger partial charge in [-0.05, 0) is 11.8 Å². The Hall–Kier alpha value is -1.10. The average Bonchev–Trinajstić information content (AvgIpc) is 2.11. The van der Waals surface area contributed by atoms with E-state index in [1.54, 1.807) is 0 Å². The molecule has 0 rings (SSSR count). The molecule has 0 aromatic heterocycles. The van der Waals surface area contributed by atoms with E-state index in [4.69, 9.17) is 11.5 Å². The van der Waals surface area contributed by atoms with Crippen LogP contribution in [0.4, 0.5) is 0 Å². The van der Waals surface area contributed by atoms with Crippen molar-refractivity contribution in [1.82, 2.24) is 5.32 Å². The molecular formula is C10H21N3O2. The molecule has 0 aliphatic heterocycles. The topological polar surface area (TPSA) is 98.2 Å². The summed E-state index contributed by atoms with van der Waals surface area (Å²) >= 11 is 0. The van der Waals surface area contributed by atoms with Gasteiger partial charge >= 0.3 is 0 Å². The van der Waals surface area contributed by atoms with Crippen LogP contribution in [-0.4, -0.2) is 23.9 Å². The SMILES string of the molecule is CC(C)C(NC(=O)[C@@H](N)C(C)C)C(N)=O. The maximum absolute atomic E-state index is 11.6. The molecular weight excluding hydrogens is 194 g/mol. The van der Waals surface area contributed by atoms with Crippen LogP contribution in [0.15, 0.2) is 0 Å². The summed E-state index contributed by atoms with van der Waals surface area (Å²) in [6.07, 6.45) is 0. The van der Waals surface area contributed by atoms with E-state index >= 15 is 0 Å². The Morgan fingerprint density at radius 1 is 1.07 bits per heavy atom. The molecule has 0 bridgehead atoms. The van der Waals surface area contributed by atoms with Crippen molar-refractivity contribution >= 4 is 11.8 Å². The molecule has 0 aliphatic carbocycles. The smallest absolute Gasteiger partial charge is 0.240 e. The van der Waals surface area contributed by atoms with Crippen molar-refractivity contribution in [2.75, 3.05) is 0 Å². The summed E-state index contributed by atoms with van der Waals surface area (Å²) < 4.78 is 0. The second kappa shape index (κ2) is 5.70. The van der Waals surface area contributed by atoms with Crippen LogP contribution < -0.4 is 16.8 Å². The van der Waals surface area contributed by atoms with E-state index in [9.17, 15) is 9.59 Å². The van der Waals surface area contributed by atoms with Gasteiger partial charge in [0.15, 0.2) is 0 Å². The first-order valence-corrected chi connectivity index (χ1v) is 5.12. The quantitative estimate of drug-likeness (QED) is 0.581. The van der Waals surface area contributed by atoms with Gasteiger partial charge in [-0.3, -0.25) is 9.59 Å². The Bertz CT molecular complexity index is 239. The Balaban J connectivity index is 4.43. The fraction of sp³-hybridized carbons (Fsp3) is 0.800. The molecule has 0 radical (unpaired) electrons. The molecule has 15 heavy (non-hydrogen) atoms. The minimum Gasteiger partial charge on any atom is -0.368 e. The Kier molecular flexibility index (Phi) is 5.28. The van der Waals surface area contributed by atoms with Crippen molar-refractivity contribution in [3.63, 3.8) is 0 Å². The first-order valence-electron chi connectivity index (χ1n) is 5.12. The summed E-state index contributed by atoms with van der Waals surface area (Å²) in [6.45, 7) is 7.32. The van der Waals surface area contributed by atoms with Crippen molar-refractivity contribution in [2.45, 2.75) is 39.8 Å². The van der Waals surface area contributed by atoms with E-state index < -0.39 is 18.0 Å². The second-order valence-electron chi connectivity index (χ2n) is 4.40. The van der Waals surface area contributed by atoms with E-state index in [-0.39, 0.29) is 17.7 Å². The lowest BCUT2D eigenvalue weighted by molar-refractivity contribution is -0.129. The summed E-state index contributed by atoms with van der Waals surface area (Å²) in [7, 11) is 0. The van der Waals surface area contributed by atoms with E-state index in [0.717, 1.165) is 0 Å². The Morgan fingerprint density at radius 2 is 1.53 bits per heavy atom. The third-order valence-corrected chi connectivity index (χ3v) is 2.29. The van der Waals surface area contributed by atoms with Crippen molar-refractivity contribution in [3.8, 4) is 0 Å². The highest BCUT2D eigenvalue weighted by molar-refractivity contribution is 5.89. The highest BCUT2D eigenvalue weighted by Gasteiger charge is 2.25. The molecule has 88 valence electrons. The van der Waals surface area contributed by atoms with Crippen LogP contribution in [-0.2, 0) is 9.59 Å². The number of nitrogens with two attached hydrogens (primary N) is 2. The molecule has 5 heteroatoms. The van der Waals surface area contributed by atoms with Crippen LogP contribution in [0.3, 0.4) is 0 Å². The van der Waals surface area contributed by atoms with Crippen molar-refractivity contribution in [3.05, 3.63) is 0 Å². The van der Waals surface area contributed by atoms with Crippen LogP contribution >= 0.6 is 0 Å². The van der Waals surface area contributed by atoms with Gasteiger partial charge in [0.2, 0.25) is 11.8 Å². The Morgan fingerprint density at radius 3 is 1.80 bits per heavy atom. The maximum atomic E-state index is 11.6. The highest BCUT2D eigenvalue weighted by Crippen LogP contribution is 2.03. The molecule has 0 aromatic rings. The zero-order valence-electron chi connectivity index (χ0n) is 9.78. The van der Waals surface area contributed by atoms with Crippen LogP contribution in [0.2, 0.25) is 0 Å². The van der Waals surface area contributed by atoms with Gasteiger partial charge in [0, 0.05) is 0 Å². The summed E-state index contributed by atoms with van der Waals surface area (Å²) in [4.78, 5) is 22.6. The summed E-state index contributed by atoms with van der Waals surface area (Å²) in [6, 6.07) is -1.26. The fourth-order valence-corrected chi connectivity index (χ4v) is 1.12. The van der Waals surface area contributed by atoms with Crippen molar-refractivity contribution in [1.29, 1.82) is 0 Å². The number of rotatable bonds is 5. The maximum Gasteiger partial charge on any atom is 0.240 e. The number of carbonyl (C=O) groups is 2. The second-order valence-corrected chi connectivity index (χ2v) is 4.40. The predicted octanol–water partition coefficient (Wildman–Crippen LogP) is -0.404.